The molecular weight excluding hydrogens is 606 g/mol. The van der Waals surface area contributed by atoms with E-state index in [0.29, 0.717) is 59.1 Å². The lowest BCUT2D eigenvalue weighted by molar-refractivity contribution is -0.160. The van der Waals surface area contributed by atoms with Gasteiger partial charge in [-0.15, -0.1) is 0 Å². The summed E-state index contributed by atoms with van der Waals surface area (Å²) >= 11 is 0. The summed E-state index contributed by atoms with van der Waals surface area (Å²) in [5.41, 5.74) is 0.497. The molecule has 6 aliphatic heterocycles. The monoisotopic (exact) mass is 657 g/mol. The fourth-order valence-electron chi connectivity index (χ4n) is 8.62. The Bertz CT molecular complexity index is 1200. The van der Waals surface area contributed by atoms with E-state index in [9.17, 15) is 14.7 Å². The van der Waals surface area contributed by atoms with Crippen LogP contribution in [0.1, 0.15) is 63.4 Å². The van der Waals surface area contributed by atoms with Crippen LogP contribution in [0.5, 0.6) is 0 Å². The number of aliphatic hydroxyl groups excluding tert-OH is 1. The lowest BCUT2D eigenvalue weighted by Crippen LogP contribution is -2.58. The number of alkyl carbamates (subject to hydrolysis) is 1. The first-order valence-electron chi connectivity index (χ1n) is 17.7. The lowest BCUT2D eigenvalue weighted by Gasteiger charge is -2.47. The molecule has 4 unspecified atom stereocenters. The summed E-state index contributed by atoms with van der Waals surface area (Å²) in [7, 11) is 0. The molecule has 1 aromatic carbocycles. The maximum Gasteiger partial charge on any atom is 0.407 e. The number of amides is 2. The Labute approximate surface area is 277 Å². The first-order valence-corrected chi connectivity index (χ1v) is 17.7. The van der Waals surface area contributed by atoms with Gasteiger partial charge in [0.2, 0.25) is 5.91 Å². The number of carbonyl (C=O) groups is 2. The van der Waals surface area contributed by atoms with E-state index < -0.39 is 30.4 Å². The predicted octanol–water partition coefficient (Wildman–Crippen LogP) is 2.30. The normalized spacial score (nSPS) is 34.9. The van der Waals surface area contributed by atoms with E-state index in [2.05, 4.69) is 15.5 Å². The highest BCUT2D eigenvalue weighted by molar-refractivity contribution is 5.85. The maximum atomic E-state index is 13.8. The molecule has 7 rings (SSSR count). The minimum atomic E-state index is -0.981. The van der Waals surface area contributed by atoms with E-state index in [1.54, 1.807) is 0 Å². The number of hydrogen-bond acceptors (Lipinski definition) is 10. The second-order valence-corrected chi connectivity index (χ2v) is 14.4. The van der Waals surface area contributed by atoms with Crippen LogP contribution >= 0.6 is 0 Å². The molecule has 0 radical (unpaired) electrons. The molecule has 0 saturated carbocycles. The quantitative estimate of drug-likeness (QED) is 0.363. The van der Waals surface area contributed by atoms with Gasteiger partial charge in [0.25, 0.3) is 0 Å². The molecule has 6 aliphatic rings. The topological polar surface area (TPSA) is 137 Å². The third kappa shape index (κ3) is 7.64. The molecule has 1 aromatic rings. The minimum absolute atomic E-state index is 0.00741. The average Bonchev–Trinajstić information content (AvgIpc) is 3.73. The summed E-state index contributed by atoms with van der Waals surface area (Å²) in [6.45, 7) is 4.30. The van der Waals surface area contributed by atoms with Gasteiger partial charge in [-0.2, -0.15) is 0 Å². The van der Waals surface area contributed by atoms with Crippen LogP contribution in [0.4, 0.5) is 4.79 Å². The molecular formula is C35H51N3O9. The fourth-order valence-corrected chi connectivity index (χ4v) is 8.62. The summed E-state index contributed by atoms with van der Waals surface area (Å²) < 4.78 is 35.1. The molecule has 2 amide bonds. The van der Waals surface area contributed by atoms with E-state index >= 15 is 0 Å². The van der Waals surface area contributed by atoms with Crippen LogP contribution in [-0.2, 0) is 39.6 Å². The Hall–Kier alpha value is -2.32. The summed E-state index contributed by atoms with van der Waals surface area (Å²) in [6.07, 6.45) is 5.59. The average molecular weight is 658 g/mol. The van der Waals surface area contributed by atoms with Crippen molar-refractivity contribution >= 4 is 12.0 Å². The number of carbonyl (C=O) groups excluding carboxylic acids is 2. The molecule has 3 N–H and O–H groups in total. The summed E-state index contributed by atoms with van der Waals surface area (Å²) in [5.74, 6) is 0.00801. The molecule has 0 aromatic heterocycles. The van der Waals surface area contributed by atoms with Crippen LogP contribution in [0.2, 0.25) is 0 Å². The van der Waals surface area contributed by atoms with Crippen molar-refractivity contribution in [1.29, 1.82) is 0 Å². The van der Waals surface area contributed by atoms with E-state index in [-0.39, 0.29) is 41.8 Å². The zero-order valence-electron chi connectivity index (χ0n) is 27.3. The second kappa shape index (κ2) is 14.7. The minimum Gasteiger partial charge on any atom is -0.443 e. The van der Waals surface area contributed by atoms with Crippen LogP contribution < -0.4 is 10.6 Å². The van der Waals surface area contributed by atoms with Crippen molar-refractivity contribution in [2.75, 3.05) is 52.8 Å². The highest BCUT2D eigenvalue weighted by atomic mass is 16.7. The van der Waals surface area contributed by atoms with Gasteiger partial charge in [-0.3, -0.25) is 9.69 Å². The van der Waals surface area contributed by atoms with Gasteiger partial charge in [0.1, 0.15) is 6.10 Å². The van der Waals surface area contributed by atoms with Crippen molar-refractivity contribution < 1.29 is 43.1 Å². The lowest BCUT2D eigenvalue weighted by atomic mass is 9.83. The van der Waals surface area contributed by atoms with Crippen LogP contribution in [0.25, 0.3) is 0 Å². The number of ether oxygens (including phenoxy) is 6. The van der Waals surface area contributed by atoms with Gasteiger partial charge in [0.15, 0.2) is 6.29 Å². The fraction of sp³-hybridized carbons (Fsp3) is 0.771. The Kier molecular flexibility index (Phi) is 10.3. The van der Waals surface area contributed by atoms with Crippen LogP contribution in [0, 0.1) is 5.92 Å². The standard InChI is InChI=1S/C35H51N3O9/c39-29(27(19-24-5-2-1-3-6-24)36-33(41)47-30-23-45-32-26(30)8-15-44-32)21-38(25-7-10-35(46-22-25)12-17-43-18-13-35)28-20-34(37-31(28)40)9-4-14-42-16-11-34/h1-3,5-6,25-30,32,39H,4,7-23H2,(H,36,41)(H,37,40)/t25?,26-,27?,28?,29+,30?,32+,34-/m0/s1. The van der Waals surface area contributed by atoms with Gasteiger partial charge < -0.3 is 44.2 Å². The van der Waals surface area contributed by atoms with E-state index in [0.717, 1.165) is 56.9 Å². The van der Waals surface area contributed by atoms with Gasteiger partial charge >= 0.3 is 6.09 Å². The van der Waals surface area contributed by atoms with Gasteiger partial charge in [-0.25, -0.2) is 4.79 Å². The second-order valence-electron chi connectivity index (χ2n) is 14.4. The molecule has 47 heavy (non-hydrogen) atoms. The van der Waals surface area contributed by atoms with Crippen LogP contribution in [0.15, 0.2) is 30.3 Å². The number of fused-ring (bicyclic) bond motifs is 1. The maximum absolute atomic E-state index is 13.8. The van der Waals surface area contributed by atoms with Gasteiger partial charge in [-0.1, -0.05) is 30.3 Å². The number of hydrogen-bond donors (Lipinski definition) is 3. The van der Waals surface area contributed by atoms with E-state index in [1.165, 1.54) is 0 Å². The molecule has 12 heteroatoms. The molecule has 0 bridgehead atoms. The largest absolute Gasteiger partial charge is 0.443 e. The Morgan fingerprint density at radius 3 is 2.62 bits per heavy atom. The Balaban J connectivity index is 1.09. The molecule has 260 valence electrons. The predicted molar refractivity (Wildman–Crippen MR) is 170 cm³/mol. The number of aliphatic hydroxyl groups is 1. The third-order valence-electron chi connectivity index (χ3n) is 11.4. The molecule has 8 atom stereocenters. The van der Waals surface area contributed by atoms with Crippen molar-refractivity contribution in [1.82, 2.24) is 15.5 Å². The molecule has 6 fully saturated rings. The molecule has 2 spiro atoms. The van der Waals surface area contributed by atoms with E-state index in [4.69, 9.17) is 28.4 Å². The van der Waals surface area contributed by atoms with Gasteiger partial charge in [-0.05, 0) is 69.8 Å². The highest BCUT2D eigenvalue weighted by Crippen LogP contribution is 2.39. The first-order chi connectivity index (χ1) is 22.9. The SMILES string of the molecule is O=C(NC(Cc1ccccc1)[C@H](O)CN(C1CCC2(CCOCC2)OC1)C1C[C@@]2(CCCOCC2)NC1=O)OC1CO[C@H]2OCC[C@@H]12. The van der Waals surface area contributed by atoms with E-state index in [1.807, 2.05) is 30.3 Å². The molecule has 12 nitrogen and oxygen atoms in total. The Morgan fingerprint density at radius 2 is 1.81 bits per heavy atom. The van der Waals surface area contributed by atoms with Crippen molar-refractivity contribution in [3.8, 4) is 0 Å². The highest BCUT2D eigenvalue weighted by Gasteiger charge is 2.50. The van der Waals surface area contributed by atoms with Crippen LogP contribution in [0.3, 0.4) is 0 Å². The Morgan fingerprint density at radius 1 is 1.00 bits per heavy atom. The van der Waals surface area contributed by atoms with Crippen molar-refractivity contribution in [3.63, 3.8) is 0 Å². The number of benzene rings is 1. The number of nitrogens with one attached hydrogen (secondary N) is 2. The zero-order chi connectivity index (χ0) is 32.3. The third-order valence-corrected chi connectivity index (χ3v) is 11.4. The van der Waals surface area contributed by atoms with Gasteiger partial charge in [0, 0.05) is 44.6 Å². The molecule has 0 aliphatic carbocycles. The first kappa shape index (κ1) is 33.2. The van der Waals surface area contributed by atoms with Crippen LogP contribution in [-0.4, -0.2) is 123 Å². The molecule has 6 heterocycles. The molecule has 6 saturated heterocycles. The summed E-state index contributed by atoms with van der Waals surface area (Å²) in [6, 6.07) is 8.69. The zero-order valence-corrected chi connectivity index (χ0v) is 27.3. The summed E-state index contributed by atoms with van der Waals surface area (Å²) in [4.78, 5) is 29.3. The van der Waals surface area contributed by atoms with Crippen molar-refractivity contribution in [2.45, 2.75) is 112 Å². The van der Waals surface area contributed by atoms with Gasteiger partial charge in [0.05, 0.1) is 49.5 Å². The summed E-state index contributed by atoms with van der Waals surface area (Å²) in [5, 5.41) is 18.4. The number of nitrogens with zero attached hydrogens (tertiary/aromatic N) is 1. The smallest absolute Gasteiger partial charge is 0.407 e. The number of rotatable bonds is 9. The van der Waals surface area contributed by atoms with Crippen molar-refractivity contribution in [2.24, 2.45) is 5.92 Å². The van der Waals surface area contributed by atoms with Crippen molar-refractivity contribution in [3.05, 3.63) is 35.9 Å².